The fourth-order valence-electron chi connectivity index (χ4n) is 10.4. The van der Waals surface area contributed by atoms with Crippen LogP contribution in [-0.4, -0.2) is 52.8 Å². The first-order valence-electron chi connectivity index (χ1n) is 30.3. The van der Waals surface area contributed by atoms with Gasteiger partial charge in [-0.3, -0.25) is 0 Å². The van der Waals surface area contributed by atoms with Gasteiger partial charge in [-0.05, 0) is 141 Å². The lowest BCUT2D eigenvalue weighted by molar-refractivity contribution is 0.122. The molecule has 0 spiro atoms. The van der Waals surface area contributed by atoms with Crippen molar-refractivity contribution in [1.29, 1.82) is 0 Å². The molecule has 10 heteroatoms. The van der Waals surface area contributed by atoms with E-state index in [1.807, 2.05) is 97.1 Å². The molecule has 2 N–H and O–H groups in total. The van der Waals surface area contributed by atoms with E-state index in [2.05, 4.69) is 103 Å². The largest absolute Gasteiger partial charge is 0.494 e. The molecule has 7 rings (SSSR count). The highest BCUT2D eigenvalue weighted by molar-refractivity contribution is 7.29. The van der Waals surface area contributed by atoms with E-state index >= 15 is 0 Å². The Morgan fingerprint density at radius 1 is 0.338 bits per heavy atom. The second-order valence-electron chi connectivity index (χ2n) is 23.9. The third kappa shape index (κ3) is 16.2. The van der Waals surface area contributed by atoms with Gasteiger partial charge in [-0.1, -0.05) is 205 Å². The minimum absolute atomic E-state index is 0.642. The second-order valence-corrected chi connectivity index (χ2v) is 36.9. The summed E-state index contributed by atoms with van der Waals surface area (Å²) in [5, 5.41) is 28.9. The van der Waals surface area contributed by atoms with Crippen molar-refractivity contribution in [2.45, 2.75) is 181 Å². The summed E-state index contributed by atoms with van der Waals surface area (Å²) in [5.74, 6) is 3.10. The van der Waals surface area contributed by atoms with Crippen molar-refractivity contribution in [3.05, 3.63) is 167 Å². The van der Waals surface area contributed by atoms with Crippen LogP contribution in [0.4, 0.5) is 0 Å². The number of unbranched alkanes of at least 4 members (excludes halogenated alkanes) is 12. The Morgan fingerprint density at radius 3 is 0.800 bits per heavy atom. The molecule has 0 saturated carbocycles. The molecule has 0 aliphatic carbocycles. The van der Waals surface area contributed by atoms with Crippen LogP contribution in [0.15, 0.2) is 133 Å². The molecule has 0 saturated heterocycles. The molecule has 6 nitrogen and oxygen atoms in total. The van der Waals surface area contributed by atoms with Gasteiger partial charge in [0.05, 0.1) is 42.6 Å². The highest BCUT2D eigenvalue weighted by atomic mass is 32.1. The van der Waals surface area contributed by atoms with E-state index in [1.54, 1.807) is 22.7 Å². The monoisotopic (exact) mass is 1150 g/mol. The fourth-order valence-corrected chi connectivity index (χ4v) is 16.2. The Kier molecular flexibility index (Phi) is 23.4. The summed E-state index contributed by atoms with van der Waals surface area (Å²) in [7, 11) is -3.61. The van der Waals surface area contributed by atoms with E-state index in [-0.39, 0.29) is 0 Å². The molecule has 0 unspecified atom stereocenters. The molecule has 430 valence electrons. The zero-order valence-corrected chi connectivity index (χ0v) is 53.8. The summed E-state index contributed by atoms with van der Waals surface area (Å²) in [6.45, 7) is 25.8. The first kappa shape index (κ1) is 62.6. The molecule has 0 aliphatic rings. The highest BCUT2D eigenvalue weighted by Crippen LogP contribution is 2.51. The Hall–Kier alpha value is -4.95. The maximum atomic E-state index is 14.4. The van der Waals surface area contributed by atoms with E-state index in [4.69, 9.17) is 18.9 Å². The third-order valence-electron chi connectivity index (χ3n) is 15.3. The number of aliphatic hydroxyl groups is 2. The zero-order chi connectivity index (χ0) is 57.2. The Bertz CT molecular complexity index is 2610. The van der Waals surface area contributed by atoms with E-state index in [1.165, 1.54) is 60.4 Å². The molecule has 0 bridgehead atoms. The standard InChI is InChI=1S/C70H94O6S2Si2/c1-11-15-19-23-47-73-57-35-27-53(28-36-57)69(71,54-29-37-58(38-30-54)74-48-24-20-16-12-2)63-51-62(66-44-46-68(78-66)80(8,9)10)64(52-61(63)65-43-45-67(77-65)79(5,6)7)70(72,55-31-39-59(40-32-55)75-49-25-21-17-13-3)56-33-41-60(42-34-56)76-50-26-22-18-14-4/h27-46,51-52,71-72H,11-26,47-50H2,1-10H3. The van der Waals surface area contributed by atoms with Crippen LogP contribution in [0, 0.1) is 0 Å². The lowest BCUT2D eigenvalue weighted by Gasteiger charge is -2.36. The minimum atomic E-state index is -1.80. The van der Waals surface area contributed by atoms with Crippen molar-refractivity contribution < 1.29 is 29.2 Å². The predicted octanol–water partition coefficient (Wildman–Crippen LogP) is 18.6. The Balaban J connectivity index is 1.51. The lowest BCUT2D eigenvalue weighted by Crippen LogP contribution is -2.34. The van der Waals surface area contributed by atoms with Gasteiger partial charge >= 0.3 is 0 Å². The smallest absolute Gasteiger partial charge is 0.141 e. The van der Waals surface area contributed by atoms with Crippen LogP contribution >= 0.6 is 22.7 Å². The maximum Gasteiger partial charge on any atom is 0.141 e. The molecule has 80 heavy (non-hydrogen) atoms. The molecule has 0 radical (unpaired) electrons. The first-order chi connectivity index (χ1) is 38.5. The van der Waals surface area contributed by atoms with Gasteiger partial charge in [0.2, 0.25) is 0 Å². The number of ether oxygens (including phenoxy) is 4. The summed E-state index contributed by atoms with van der Waals surface area (Å²) < 4.78 is 28.0. The number of hydrogen-bond acceptors (Lipinski definition) is 8. The molecule has 2 aromatic heterocycles. The molecular weight excluding hydrogens is 1060 g/mol. The molecule has 0 aliphatic heterocycles. The van der Waals surface area contributed by atoms with Gasteiger partial charge in [0.15, 0.2) is 0 Å². The van der Waals surface area contributed by atoms with Gasteiger partial charge in [0, 0.05) is 20.9 Å². The van der Waals surface area contributed by atoms with Crippen LogP contribution in [0.5, 0.6) is 23.0 Å². The summed E-state index contributed by atoms with van der Waals surface area (Å²) in [4.78, 5) is 2.05. The molecule has 0 amide bonds. The Morgan fingerprint density at radius 2 is 0.588 bits per heavy atom. The van der Waals surface area contributed by atoms with Crippen LogP contribution in [0.1, 0.15) is 164 Å². The van der Waals surface area contributed by atoms with Crippen LogP contribution in [0.3, 0.4) is 0 Å². The van der Waals surface area contributed by atoms with Gasteiger partial charge in [0.1, 0.15) is 34.2 Å². The lowest BCUT2D eigenvalue weighted by atomic mass is 9.73. The molecular formula is C70H94O6S2Si2. The average Bonchev–Trinajstić information content (AvgIpc) is 4.31. The van der Waals surface area contributed by atoms with Gasteiger partial charge in [0.25, 0.3) is 0 Å². The van der Waals surface area contributed by atoms with Crippen LogP contribution in [0.2, 0.25) is 39.3 Å². The van der Waals surface area contributed by atoms with Gasteiger partial charge in [-0.25, -0.2) is 0 Å². The maximum absolute atomic E-state index is 14.4. The summed E-state index contributed by atoms with van der Waals surface area (Å²) >= 11 is 3.60. The van der Waals surface area contributed by atoms with E-state index < -0.39 is 27.3 Å². The van der Waals surface area contributed by atoms with Crippen molar-refractivity contribution in [3.63, 3.8) is 0 Å². The molecule has 5 aromatic carbocycles. The number of hydrogen-bond donors (Lipinski definition) is 2. The minimum Gasteiger partial charge on any atom is -0.494 e. The normalized spacial score (nSPS) is 12.2. The predicted molar refractivity (Wildman–Crippen MR) is 348 cm³/mol. The van der Waals surface area contributed by atoms with Crippen molar-refractivity contribution in [2.24, 2.45) is 0 Å². The van der Waals surface area contributed by atoms with E-state index in [0.29, 0.717) is 48.7 Å². The Labute approximate surface area is 492 Å². The van der Waals surface area contributed by atoms with Gasteiger partial charge < -0.3 is 29.2 Å². The van der Waals surface area contributed by atoms with E-state index in [0.717, 1.165) is 106 Å². The zero-order valence-electron chi connectivity index (χ0n) is 50.2. The number of rotatable bonds is 34. The second kappa shape index (κ2) is 29.9. The average molecular weight is 1150 g/mol. The third-order valence-corrected chi connectivity index (χ3v) is 24.8. The summed E-state index contributed by atoms with van der Waals surface area (Å²) in [6, 6.07) is 45.8. The summed E-state index contributed by atoms with van der Waals surface area (Å²) in [6.07, 6.45) is 17.9. The fraction of sp³-hybridized carbons (Fsp3) is 0.457. The van der Waals surface area contributed by atoms with Crippen LogP contribution in [-0.2, 0) is 11.2 Å². The topological polar surface area (TPSA) is 77.4 Å². The highest BCUT2D eigenvalue weighted by Gasteiger charge is 2.42. The molecule has 0 atom stereocenters. The summed E-state index contributed by atoms with van der Waals surface area (Å²) in [5.41, 5.74) is 2.65. The number of thiophene rings is 2. The van der Waals surface area contributed by atoms with Crippen molar-refractivity contribution in [1.82, 2.24) is 0 Å². The van der Waals surface area contributed by atoms with Crippen LogP contribution < -0.4 is 27.9 Å². The van der Waals surface area contributed by atoms with Crippen molar-refractivity contribution in [3.8, 4) is 43.9 Å². The van der Waals surface area contributed by atoms with Crippen molar-refractivity contribution in [2.75, 3.05) is 26.4 Å². The van der Waals surface area contributed by atoms with Crippen LogP contribution in [0.25, 0.3) is 20.9 Å². The van der Waals surface area contributed by atoms with Gasteiger partial charge in [-0.15, -0.1) is 22.7 Å². The molecule has 2 heterocycles. The van der Waals surface area contributed by atoms with Crippen molar-refractivity contribution >= 4 is 47.8 Å². The van der Waals surface area contributed by atoms with E-state index in [9.17, 15) is 10.2 Å². The SMILES string of the molecule is CCCCCCOc1ccc(C(O)(c2ccc(OCCCCCC)cc2)c2cc(-c3ccc([Si](C)(C)C)s3)c(C(O)(c3ccc(OCCCCCC)cc3)c3ccc(OCCCCCC)cc3)cc2-c2ccc([Si](C)(C)C)s2)cc1. The molecule has 7 aromatic rings. The molecule has 0 fully saturated rings. The first-order valence-corrected chi connectivity index (χ1v) is 39.0. The van der Waals surface area contributed by atoms with Gasteiger partial charge in [-0.2, -0.15) is 0 Å². The number of benzene rings is 5. The quantitative estimate of drug-likeness (QED) is 0.0238.